The maximum absolute atomic E-state index is 2.31. The first-order valence-corrected chi connectivity index (χ1v) is 5.05. The van der Waals surface area contributed by atoms with E-state index in [1.807, 2.05) is 0 Å². The Hall–Kier alpha value is -1.56. The molecule has 0 fully saturated rings. The van der Waals surface area contributed by atoms with Crippen molar-refractivity contribution in [1.29, 1.82) is 0 Å². The van der Waals surface area contributed by atoms with Crippen molar-refractivity contribution in [2.24, 2.45) is 0 Å². The van der Waals surface area contributed by atoms with Gasteiger partial charge in [-0.3, -0.25) is 0 Å². The summed E-state index contributed by atoms with van der Waals surface area (Å²) < 4.78 is 0. The van der Waals surface area contributed by atoms with Gasteiger partial charge in [-0.15, -0.1) is 0 Å². The van der Waals surface area contributed by atoms with E-state index in [1.165, 1.54) is 21.9 Å². The Bertz CT molecular complexity index is 521. The van der Waals surface area contributed by atoms with E-state index < -0.39 is 0 Å². The number of allylic oxidation sites excluding steroid dienone is 1. The standard InChI is InChI=1S/C14H12/c1-10-6-7-13-8-11-4-2-3-5-12(11)9-14(10)13/h2-10H,1H3. The van der Waals surface area contributed by atoms with Crippen LogP contribution in [0, 0.1) is 0 Å². The monoisotopic (exact) mass is 180 g/mol. The normalized spacial score (nSPS) is 18.8. The lowest BCUT2D eigenvalue weighted by Crippen LogP contribution is -1.87. The maximum atomic E-state index is 2.31. The van der Waals surface area contributed by atoms with Crippen molar-refractivity contribution in [3.05, 3.63) is 53.6 Å². The first-order valence-electron chi connectivity index (χ1n) is 5.05. The highest BCUT2D eigenvalue weighted by Gasteiger charge is 2.12. The highest BCUT2D eigenvalue weighted by Crippen LogP contribution is 2.32. The third-order valence-electron chi connectivity index (χ3n) is 3.01. The van der Waals surface area contributed by atoms with Crippen LogP contribution in [0.5, 0.6) is 0 Å². The van der Waals surface area contributed by atoms with Crippen LogP contribution in [0.1, 0.15) is 24.0 Å². The number of fused-ring (bicyclic) bond motifs is 2. The van der Waals surface area contributed by atoms with Gasteiger partial charge >= 0.3 is 0 Å². The van der Waals surface area contributed by atoms with Crippen LogP contribution in [0.15, 0.2) is 42.5 Å². The molecule has 0 nitrogen and oxygen atoms in total. The Morgan fingerprint density at radius 2 is 1.71 bits per heavy atom. The smallest absolute Gasteiger partial charge is 0.0000951 e. The molecular formula is C14H12. The summed E-state index contributed by atoms with van der Waals surface area (Å²) in [7, 11) is 0. The fourth-order valence-corrected chi connectivity index (χ4v) is 2.17. The minimum atomic E-state index is 0.578. The molecule has 2 aromatic carbocycles. The van der Waals surface area contributed by atoms with Gasteiger partial charge in [0.2, 0.25) is 0 Å². The predicted molar refractivity (Wildman–Crippen MR) is 61.4 cm³/mol. The van der Waals surface area contributed by atoms with E-state index in [4.69, 9.17) is 0 Å². The molecule has 0 aliphatic heterocycles. The predicted octanol–water partition coefficient (Wildman–Crippen LogP) is 3.97. The van der Waals surface area contributed by atoms with Crippen LogP contribution in [0.25, 0.3) is 16.8 Å². The van der Waals surface area contributed by atoms with Crippen LogP contribution >= 0.6 is 0 Å². The van der Waals surface area contributed by atoms with E-state index in [0.29, 0.717) is 5.92 Å². The van der Waals surface area contributed by atoms with Crippen LogP contribution in [-0.4, -0.2) is 0 Å². The minimum Gasteiger partial charge on any atom is -0.0767 e. The molecule has 1 unspecified atom stereocenters. The van der Waals surface area contributed by atoms with Crippen LogP contribution in [0.3, 0.4) is 0 Å². The Morgan fingerprint density at radius 3 is 2.50 bits per heavy atom. The van der Waals surface area contributed by atoms with Crippen LogP contribution in [0.4, 0.5) is 0 Å². The quantitative estimate of drug-likeness (QED) is 0.575. The first-order chi connectivity index (χ1) is 6.84. The zero-order chi connectivity index (χ0) is 9.54. The molecule has 0 heteroatoms. The largest absolute Gasteiger partial charge is 0.0767 e. The van der Waals surface area contributed by atoms with Crippen molar-refractivity contribution in [1.82, 2.24) is 0 Å². The molecule has 0 aromatic heterocycles. The molecule has 2 aromatic rings. The zero-order valence-corrected chi connectivity index (χ0v) is 8.20. The minimum absolute atomic E-state index is 0.578. The second-order valence-corrected chi connectivity index (χ2v) is 3.98. The Morgan fingerprint density at radius 1 is 1.00 bits per heavy atom. The van der Waals surface area contributed by atoms with E-state index in [0.717, 1.165) is 0 Å². The summed E-state index contributed by atoms with van der Waals surface area (Å²) in [5.74, 6) is 0.578. The van der Waals surface area contributed by atoms with Gasteiger partial charge < -0.3 is 0 Å². The SMILES string of the molecule is CC1C=Cc2cc3ccccc3cc21. The second-order valence-electron chi connectivity index (χ2n) is 3.98. The number of rotatable bonds is 0. The third-order valence-corrected chi connectivity index (χ3v) is 3.01. The molecule has 14 heavy (non-hydrogen) atoms. The molecule has 0 saturated carbocycles. The average molecular weight is 180 g/mol. The number of hydrogen-bond acceptors (Lipinski definition) is 0. The summed E-state index contributed by atoms with van der Waals surface area (Å²) in [5.41, 5.74) is 2.85. The van der Waals surface area contributed by atoms with Crippen molar-refractivity contribution in [3.63, 3.8) is 0 Å². The molecule has 3 rings (SSSR count). The molecule has 0 spiro atoms. The van der Waals surface area contributed by atoms with Gasteiger partial charge in [0, 0.05) is 0 Å². The van der Waals surface area contributed by atoms with E-state index >= 15 is 0 Å². The topological polar surface area (TPSA) is 0 Å². The van der Waals surface area contributed by atoms with E-state index in [2.05, 4.69) is 55.5 Å². The van der Waals surface area contributed by atoms with Gasteiger partial charge in [-0.1, -0.05) is 43.3 Å². The molecule has 1 aliphatic rings. The van der Waals surface area contributed by atoms with Gasteiger partial charge in [-0.2, -0.15) is 0 Å². The molecule has 0 radical (unpaired) electrons. The maximum Gasteiger partial charge on any atom is -0.0000951 e. The molecule has 68 valence electrons. The van der Waals surface area contributed by atoms with E-state index in [-0.39, 0.29) is 0 Å². The van der Waals surface area contributed by atoms with Crippen molar-refractivity contribution in [2.75, 3.05) is 0 Å². The fraction of sp³-hybridized carbons (Fsp3) is 0.143. The van der Waals surface area contributed by atoms with Crippen molar-refractivity contribution < 1.29 is 0 Å². The number of benzene rings is 2. The summed E-state index contributed by atoms with van der Waals surface area (Å²) in [4.78, 5) is 0. The van der Waals surface area contributed by atoms with Crippen LogP contribution < -0.4 is 0 Å². The van der Waals surface area contributed by atoms with Gasteiger partial charge in [-0.05, 0) is 39.9 Å². The highest BCUT2D eigenvalue weighted by atomic mass is 14.2. The summed E-state index contributed by atoms with van der Waals surface area (Å²) in [5, 5.41) is 2.69. The zero-order valence-electron chi connectivity index (χ0n) is 8.20. The summed E-state index contributed by atoms with van der Waals surface area (Å²) >= 11 is 0. The summed E-state index contributed by atoms with van der Waals surface area (Å²) in [6.07, 6.45) is 4.50. The van der Waals surface area contributed by atoms with Crippen LogP contribution in [-0.2, 0) is 0 Å². The van der Waals surface area contributed by atoms with Gasteiger partial charge in [0.1, 0.15) is 0 Å². The lowest BCUT2D eigenvalue weighted by molar-refractivity contribution is 0.993. The summed E-state index contributed by atoms with van der Waals surface area (Å²) in [6.45, 7) is 2.25. The third kappa shape index (κ3) is 1.00. The Kier molecular flexibility index (Phi) is 1.51. The molecule has 0 N–H and O–H groups in total. The van der Waals surface area contributed by atoms with Crippen molar-refractivity contribution in [2.45, 2.75) is 12.8 Å². The highest BCUT2D eigenvalue weighted by molar-refractivity contribution is 5.87. The lowest BCUT2D eigenvalue weighted by atomic mass is 9.98. The van der Waals surface area contributed by atoms with Crippen LogP contribution in [0.2, 0.25) is 0 Å². The summed E-state index contributed by atoms with van der Waals surface area (Å²) in [6, 6.07) is 13.1. The first kappa shape index (κ1) is 7.81. The van der Waals surface area contributed by atoms with Gasteiger partial charge in [-0.25, -0.2) is 0 Å². The number of hydrogen-bond donors (Lipinski definition) is 0. The molecule has 0 saturated heterocycles. The molecule has 0 bridgehead atoms. The van der Waals surface area contributed by atoms with Crippen molar-refractivity contribution >= 4 is 16.8 Å². The fourth-order valence-electron chi connectivity index (χ4n) is 2.17. The average Bonchev–Trinajstić information content (AvgIpc) is 2.57. The van der Waals surface area contributed by atoms with E-state index in [9.17, 15) is 0 Å². The Balaban J connectivity index is 2.36. The van der Waals surface area contributed by atoms with Crippen molar-refractivity contribution in [3.8, 4) is 0 Å². The lowest BCUT2D eigenvalue weighted by Gasteiger charge is -2.06. The van der Waals surface area contributed by atoms with Gasteiger partial charge in [0.25, 0.3) is 0 Å². The molecule has 1 aliphatic carbocycles. The molecule has 0 amide bonds. The van der Waals surface area contributed by atoms with E-state index in [1.54, 1.807) is 0 Å². The van der Waals surface area contributed by atoms with Gasteiger partial charge in [0.15, 0.2) is 0 Å². The van der Waals surface area contributed by atoms with Gasteiger partial charge in [0.05, 0.1) is 0 Å². The second kappa shape index (κ2) is 2.71. The molecule has 1 atom stereocenters. The Labute approximate surface area is 83.9 Å². The molecule has 0 heterocycles. The molecular weight excluding hydrogens is 168 g/mol.